The van der Waals surface area contributed by atoms with E-state index in [2.05, 4.69) is 32.6 Å². The van der Waals surface area contributed by atoms with Crippen molar-refractivity contribution in [3.05, 3.63) is 23.3 Å². The number of likely N-dealkylation sites (N-methyl/N-ethyl adjacent to an activating group) is 1. The number of nitrogen functional groups attached to an aromatic ring is 1. The Hall–Kier alpha value is -1.64. The van der Waals surface area contributed by atoms with Gasteiger partial charge in [0.15, 0.2) is 6.29 Å². The Morgan fingerprint density at radius 1 is 1.27 bits per heavy atom. The van der Waals surface area contributed by atoms with E-state index in [0.29, 0.717) is 26.4 Å². The molecule has 0 spiro atoms. The summed E-state index contributed by atoms with van der Waals surface area (Å²) in [6.45, 7) is 5.87. The Morgan fingerprint density at radius 3 is 2.57 bits per heavy atom. The molecule has 2 aliphatic heterocycles. The summed E-state index contributed by atoms with van der Waals surface area (Å²) in [6, 6.07) is 4.03. The van der Waals surface area contributed by atoms with Crippen LogP contribution in [0.15, 0.2) is 12.1 Å². The molecule has 0 unspecified atom stereocenters. The molecule has 1 saturated heterocycles. The third-order valence-electron chi connectivity index (χ3n) is 5.33. The zero-order valence-electron chi connectivity index (χ0n) is 19.0. The highest BCUT2D eigenvalue weighted by molar-refractivity contribution is 8.32. The Kier molecular flexibility index (Phi) is 6.79. The van der Waals surface area contributed by atoms with Crippen LogP contribution in [0.3, 0.4) is 0 Å². The number of carbonyl (C=O) groups excluding carboxylic acids is 1. The first-order chi connectivity index (χ1) is 13.9. The number of amides is 1. The first-order valence-electron chi connectivity index (χ1n) is 10.3. The van der Waals surface area contributed by atoms with Crippen LogP contribution in [0, 0.1) is 0 Å². The summed E-state index contributed by atoms with van der Waals surface area (Å²) >= 11 is 0. The van der Waals surface area contributed by atoms with Crippen LogP contribution < -0.4 is 10.5 Å². The Morgan fingerprint density at radius 2 is 1.93 bits per heavy atom. The predicted molar refractivity (Wildman–Crippen MR) is 122 cm³/mol. The van der Waals surface area contributed by atoms with E-state index >= 15 is 0 Å². The van der Waals surface area contributed by atoms with Crippen LogP contribution in [0.5, 0.6) is 5.75 Å². The molecule has 30 heavy (non-hydrogen) atoms. The summed E-state index contributed by atoms with van der Waals surface area (Å²) in [4.78, 5) is 13.7. The lowest BCUT2D eigenvalue weighted by Gasteiger charge is -2.32. The van der Waals surface area contributed by atoms with Crippen LogP contribution in [0.4, 0.5) is 10.5 Å². The maximum atomic E-state index is 12.2. The van der Waals surface area contributed by atoms with Gasteiger partial charge in [-0.1, -0.05) is 0 Å². The van der Waals surface area contributed by atoms with Crippen LogP contribution in [0.25, 0.3) is 0 Å². The molecule has 8 heteroatoms. The minimum Gasteiger partial charge on any atom is -0.487 e. The van der Waals surface area contributed by atoms with Crippen molar-refractivity contribution in [2.45, 2.75) is 38.1 Å². The molecule has 170 valence electrons. The molecule has 0 aliphatic carbocycles. The molecule has 0 saturated carbocycles. The van der Waals surface area contributed by atoms with Crippen molar-refractivity contribution in [2.24, 2.45) is 0 Å². The molecule has 0 atom stereocenters. The largest absolute Gasteiger partial charge is 0.487 e. The molecule has 2 aliphatic rings. The van der Waals surface area contributed by atoms with E-state index in [4.69, 9.17) is 24.7 Å². The first kappa shape index (κ1) is 23.0. The van der Waals surface area contributed by atoms with Crippen molar-refractivity contribution in [1.82, 2.24) is 4.90 Å². The van der Waals surface area contributed by atoms with Crippen molar-refractivity contribution in [3.63, 3.8) is 0 Å². The average molecular weight is 441 g/mol. The van der Waals surface area contributed by atoms with Crippen molar-refractivity contribution in [2.75, 3.05) is 63.7 Å². The van der Waals surface area contributed by atoms with E-state index in [1.807, 2.05) is 12.1 Å². The molecule has 2 heterocycles. The van der Waals surface area contributed by atoms with Gasteiger partial charge in [0.2, 0.25) is 0 Å². The summed E-state index contributed by atoms with van der Waals surface area (Å²) in [6.07, 6.45) is 6.63. The SMILES string of the molecule is CN(C[C@H]1OC[C@H](c2cc3c(cc2N)CC(C)(C)O3)CO1)C(=O)OCCS(C)(C)C. The number of anilines is 1. The lowest BCUT2D eigenvalue weighted by Crippen LogP contribution is -2.41. The van der Waals surface area contributed by atoms with Gasteiger partial charge in [0, 0.05) is 36.4 Å². The molecule has 0 radical (unpaired) electrons. The molecule has 1 amide bonds. The third-order valence-corrected chi connectivity index (χ3v) is 6.72. The fourth-order valence-corrected chi connectivity index (χ4v) is 4.24. The lowest BCUT2D eigenvalue weighted by atomic mass is 9.94. The molecule has 3 rings (SSSR count). The molecule has 2 N–H and O–H groups in total. The van der Waals surface area contributed by atoms with Crippen LogP contribution in [0.2, 0.25) is 0 Å². The highest BCUT2D eigenvalue weighted by Crippen LogP contribution is 2.40. The van der Waals surface area contributed by atoms with Gasteiger partial charge in [-0.3, -0.25) is 0 Å². The minimum absolute atomic E-state index is 0.0332. The van der Waals surface area contributed by atoms with E-state index in [1.165, 1.54) is 4.90 Å². The van der Waals surface area contributed by atoms with E-state index in [0.717, 1.165) is 34.7 Å². The standard InChI is InChI=1S/C22H36N2O5S/c1-22(2)11-15-9-18(23)17(10-19(15)29-22)16-13-27-20(28-14-16)12-24(3)21(25)26-7-8-30(4,5)6/h9-10,16,20H,7-8,11-14,23H2,1-6H3/t16-,20-. The van der Waals surface area contributed by atoms with Gasteiger partial charge in [-0.25, -0.2) is 14.8 Å². The normalized spacial score (nSPS) is 23.4. The number of nitrogens with zero attached hydrogens (tertiary/aromatic N) is 1. The summed E-state index contributed by atoms with van der Waals surface area (Å²) in [7, 11) is 1.01. The Bertz CT molecular complexity index is 770. The van der Waals surface area contributed by atoms with Gasteiger partial charge in [-0.2, -0.15) is 0 Å². The molecule has 1 aromatic carbocycles. The maximum Gasteiger partial charge on any atom is 0.409 e. The zero-order chi connectivity index (χ0) is 22.1. The molecule has 0 aromatic heterocycles. The van der Waals surface area contributed by atoms with E-state index in [9.17, 15) is 4.79 Å². The Balaban J connectivity index is 1.49. The number of ether oxygens (including phenoxy) is 4. The number of nitrogens with two attached hydrogens (primary N) is 1. The topological polar surface area (TPSA) is 83.3 Å². The summed E-state index contributed by atoms with van der Waals surface area (Å²) in [5.74, 6) is 1.82. The highest BCUT2D eigenvalue weighted by Gasteiger charge is 2.33. The molecular weight excluding hydrogens is 404 g/mol. The molecular formula is C22H36N2O5S. The average Bonchev–Trinajstić information content (AvgIpc) is 2.93. The number of hydrogen-bond acceptors (Lipinski definition) is 6. The quantitative estimate of drug-likeness (QED) is 0.684. The van der Waals surface area contributed by atoms with Gasteiger partial charge in [-0.15, -0.1) is 0 Å². The van der Waals surface area contributed by atoms with E-state index in [-0.39, 0.29) is 17.6 Å². The van der Waals surface area contributed by atoms with Crippen molar-refractivity contribution < 1.29 is 23.7 Å². The lowest BCUT2D eigenvalue weighted by molar-refractivity contribution is -0.191. The van der Waals surface area contributed by atoms with Crippen molar-refractivity contribution in [1.29, 1.82) is 0 Å². The fraction of sp³-hybridized carbons (Fsp3) is 0.682. The number of benzene rings is 1. The molecule has 0 bridgehead atoms. The first-order valence-corrected chi connectivity index (χ1v) is 13.3. The van der Waals surface area contributed by atoms with E-state index in [1.54, 1.807) is 7.05 Å². The van der Waals surface area contributed by atoms with Crippen LogP contribution >= 0.6 is 10.0 Å². The van der Waals surface area contributed by atoms with Crippen molar-refractivity contribution in [3.8, 4) is 5.75 Å². The predicted octanol–water partition coefficient (Wildman–Crippen LogP) is 3.20. The zero-order valence-corrected chi connectivity index (χ0v) is 19.8. The maximum absolute atomic E-state index is 12.2. The second-order valence-corrected chi connectivity index (χ2v) is 14.3. The molecule has 7 nitrogen and oxygen atoms in total. The van der Waals surface area contributed by atoms with Gasteiger partial charge in [0.05, 0.1) is 19.8 Å². The van der Waals surface area contributed by atoms with Crippen LogP contribution in [-0.2, 0) is 20.6 Å². The summed E-state index contributed by atoms with van der Waals surface area (Å²) in [5, 5.41) is 0. The Labute approximate surface area is 181 Å². The van der Waals surface area contributed by atoms with Crippen LogP contribution in [-0.4, -0.2) is 80.8 Å². The second-order valence-electron chi connectivity index (χ2n) is 9.71. The monoisotopic (exact) mass is 440 g/mol. The van der Waals surface area contributed by atoms with Crippen LogP contribution in [0.1, 0.15) is 30.9 Å². The van der Waals surface area contributed by atoms with Gasteiger partial charge >= 0.3 is 6.09 Å². The van der Waals surface area contributed by atoms with Gasteiger partial charge in [-0.05, 0) is 50.3 Å². The van der Waals surface area contributed by atoms with Crippen molar-refractivity contribution >= 4 is 21.8 Å². The number of fused-ring (bicyclic) bond motifs is 1. The van der Waals surface area contributed by atoms with Gasteiger partial charge in [0.25, 0.3) is 0 Å². The van der Waals surface area contributed by atoms with Gasteiger partial charge in [0.1, 0.15) is 18.0 Å². The number of rotatable bonds is 6. The summed E-state index contributed by atoms with van der Waals surface area (Å²) in [5.41, 5.74) is 8.98. The molecule has 1 aromatic rings. The highest BCUT2D eigenvalue weighted by atomic mass is 32.3. The second kappa shape index (κ2) is 8.85. The third kappa shape index (κ3) is 5.95. The number of carbonyl (C=O) groups is 1. The van der Waals surface area contributed by atoms with Gasteiger partial charge < -0.3 is 29.6 Å². The van der Waals surface area contributed by atoms with E-state index < -0.39 is 16.3 Å². The smallest absolute Gasteiger partial charge is 0.409 e. The summed E-state index contributed by atoms with van der Waals surface area (Å²) < 4.78 is 23.1. The molecule has 1 fully saturated rings. The fourth-order valence-electron chi connectivity index (χ4n) is 3.65. The number of hydrogen-bond donors (Lipinski definition) is 1. The minimum atomic E-state index is -0.683.